The van der Waals surface area contributed by atoms with Crippen molar-refractivity contribution >= 4 is 11.5 Å². The molecule has 3 nitrogen and oxygen atoms in total. The molecule has 4 aliphatic carbocycles. The normalized spacial score (nSPS) is 35.9. The van der Waals surface area contributed by atoms with E-state index in [1.807, 2.05) is 6.08 Å². The first-order valence-corrected chi connectivity index (χ1v) is 15.1. The van der Waals surface area contributed by atoms with E-state index in [4.69, 9.17) is 0 Å². The average Bonchev–Trinajstić information content (AvgIpc) is 3.68. The topological polar surface area (TPSA) is 40.5 Å². The van der Waals surface area contributed by atoms with Crippen molar-refractivity contribution in [1.82, 2.24) is 0 Å². The molecule has 200 valence electrons. The number of aliphatic hydroxyl groups is 1. The third-order valence-electron chi connectivity index (χ3n) is 10.5. The second kappa shape index (κ2) is 10.6. The maximum Gasteiger partial charge on any atom is 0.155 e. The number of nitrogens with zero attached hydrogens (tertiary/aromatic N) is 1. The van der Waals surface area contributed by atoms with Gasteiger partial charge in [-0.15, -0.1) is 0 Å². The summed E-state index contributed by atoms with van der Waals surface area (Å²) in [5, 5.41) is 12.1. The van der Waals surface area contributed by atoms with Crippen molar-refractivity contribution < 1.29 is 9.90 Å². The molecule has 0 bridgehead atoms. The lowest BCUT2D eigenvalue weighted by Gasteiger charge is -2.55. The zero-order chi connectivity index (χ0) is 26.2. The first-order chi connectivity index (χ1) is 17.8. The molecule has 4 fully saturated rings. The van der Waals surface area contributed by atoms with Crippen LogP contribution < -0.4 is 4.90 Å². The summed E-state index contributed by atoms with van der Waals surface area (Å²) in [5.74, 6) is 9.72. The van der Waals surface area contributed by atoms with E-state index < -0.39 is 5.60 Å². The van der Waals surface area contributed by atoms with Crippen LogP contribution in [0.5, 0.6) is 0 Å². The third kappa shape index (κ3) is 5.04. The number of hydrogen-bond acceptors (Lipinski definition) is 3. The Balaban J connectivity index is 1.49. The van der Waals surface area contributed by atoms with Crippen LogP contribution >= 0.6 is 0 Å². The van der Waals surface area contributed by atoms with E-state index in [2.05, 4.69) is 68.7 Å². The molecule has 1 aromatic rings. The Bertz CT molecular complexity index is 1070. The fourth-order valence-corrected chi connectivity index (χ4v) is 8.17. The van der Waals surface area contributed by atoms with Crippen LogP contribution in [0.4, 0.5) is 5.69 Å². The molecule has 1 N–H and O–H groups in total. The van der Waals surface area contributed by atoms with E-state index in [9.17, 15) is 9.90 Å². The van der Waals surface area contributed by atoms with Crippen molar-refractivity contribution in [2.75, 3.05) is 18.0 Å². The van der Waals surface area contributed by atoms with Crippen molar-refractivity contribution in [3.8, 4) is 11.8 Å². The zero-order valence-electron chi connectivity index (χ0n) is 23.6. The van der Waals surface area contributed by atoms with Crippen LogP contribution in [-0.2, 0) is 4.79 Å². The lowest BCUT2D eigenvalue weighted by molar-refractivity contribution is -0.114. The number of anilines is 1. The summed E-state index contributed by atoms with van der Waals surface area (Å²) in [6, 6.07) is 9.29. The second-order valence-electron chi connectivity index (χ2n) is 12.6. The van der Waals surface area contributed by atoms with Gasteiger partial charge in [-0.25, -0.2) is 0 Å². The Morgan fingerprint density at radius 2 is 1.81 bits per heavy atom. The highest BCUT2D eigenvalue weighted by Gasteiger charge is 2.63. The van der Waals surface area contributed by atoms with Crippen LogP contribution in [0.15, 0.2) is 35.9 Å². The highest BCUT2D eigenvalue weighted by Crippen LogP contribution is 2.66. The fourth-order valence-electron chi connectivity index (χ4n) is 8.17. The Morgan fingerprint density at radius 3 is 2.46 bits per heavy atom. The first-order valence-electron chi connectivity index (χ1n) is 15.1. The van der Waals surface area contributed by atoms with Crippen LogP contribution in [0.1, 0.15) is 103 Å². The largest absolute Gasteiger partial charge is 0.377 e. The summed E-state index contributed by atoms with van der Waals surface area (Å²) in [7, 11) is 0. The molecule has 0 radical (unpaired) electrons. The minimum atomic E-state index is -0.877. The van der Waals surface area contributed by atoms with Gasteiger partial charge in [0, 0.05) is 36.5 Å². The average molecular weight is 502 g/mol. The standard InChI is InChI=1S/C34H47NO2/c1-5-8-28(36)21-25-11-16-29-30(22-25)31(26-12-14-27(15-13-26)35(6-2)7-3)23-33(4)32(29)18-20-34(33,37)19-17-24-9-10-24/h12-15,21,24,29-32,37H,5-11,16,18,20,22-23H2,1-4H3/b25-21-/t29-,30-,31-,32+,33+,34+/m1/s1. The van der Waals surface area contributed by atoms with Gasteiger partial charge in [0.1, 0.15) is 5.60 Å². The number of allylic oxidation sites excluding steroid dienone is 2. The minimum absolute atomic E-state index is 0.183. The van der Waals surface area contributed by atoms with E-state index in [1.165, 1.54) is 29.7 Å². The maximum absolute atomic E-state index is 12.5. The predicted octanol–water partition coefficient (Wildman–Crippen LogP) is 7.29. The van der Waals surface area contributed by atoms with Gasteiger partial charge in [-0.1, -0.05) is 43.4 Å². The van der Waals surface area contributed by atoms with Crippen LogP contribution in [0.2, 0.25) is 0 Å². The molecule has 1 aromatic carbocycles. The summed E-state index contributed by atoms with van der Waals surface area (Å²) in [6.07, 6.45) is 12.0. The molecule has 4 saturated carbocycles. The highest BCUT2D eigenvalue weighted by molar-refractivity contribution is 5.90. The van der Waals surface area contributed by atoms with E-state index in [0.29, 0.717) is 41.8 Å². The molecule has 37 heavy (non-hydrogen) atoms. The van der Waals surface area contributed by atoms with Crippen LogP contribution in [0, 0.1) is 40.9 Å². The molecule has 0 spiro atoms. The molecule has 0 unspecified atom stereocenters. The quantitative estimate of drug-likeness (QED) is 0.315. The molecule has 6 atom stereocenters. The molecular formula is C34H47NO2. The van der Waals surface area contributed by atoms with Crippen molar-refractivity contribution in [2.24, 2.45) is 29.1 Å². The van der Waals surface area contributed by atoms with Crippen molar-refractivity contribution in [2.45, 2.75) is 103 Å². The SMILES string of the molecule is CCCC(=O)/C=C1/CC[C@@H]2[C@@H](C1)[C@@H](c1ccc(N(CC)CC)cc1)C[C@@]1(C)[C@H]2CC[C@@]1(O)C#CC1CC1. The van der Waals surface area contributed by atoms with Crippen LogP contribution in [0.3, 0.4) is 0 Å². The first kappa shape index (κ1) is 26.6. The Hall–Kier alpha value is -2.05. The van der Waals surface area contributed by atoms with E-state index in [1.54, 1.807) is 0 Å². The van der Waals surface area contributed by atoms with Gasteiger partial charge in [-0.2, -0.15) is 0 Å². The van der Waals surface area contributed by atoms with Gasteiger partial charge in [0.15, 0.2) is 5.78 Å². The van der Waals surface area contributed by atoms with Gasteiger partial charge < -0.3 is 10.0 Å². The monoisotopic (exact) mass is 501 g/mol. The number of rotatable bonds is 7. The summed E-state index contributed by atoms with van der Waals surface area (Å²) < 4.78 is 0. The smallest absolute Gasteiger partial charge is 0.155 e. The molecular weight excluding hydrogens is 454 g/mol. The van der Waals surface area contributed by atoms with Crippen LogP contribution in [0.25, 0.3) is 0 Å². The van der Waals surface area contributed by atoms with Crippen molar-refractivity contribution in [1.29, 1.82) is 0 Å². The van der Waals surface area contributed by atoms with Gasteiger partial charge in [-0.05, 0) is 119 Å². The van der Waals surface area contributed by atoms with E-state index in [-0.39, 0.29) is 5.41 Å². The Kier molecular flexibility index (Phi) is 7.61. The van der Waals surface area contributed by atoms with E-state index >= 15 is 0 Å². The fraction of sp³-hybridized carbons (Fsp3) is 0.676. The van der Waals surface area contributed by atoms with Crippen molar-refractivity contribution in [3.05, 3.63) is 41.5 Å². The second-order valence-corrected chi connectivity index (χ2v) is 12.6. The number of benzene rings is 1. The minimum Gasteiger partial charge on any atom is -0.377 e. The number of ketones is 1. The number of carbonyl (C=O) groups excluding carboxylic acids is 1. The predicted molar refractivity (Wildman–Crippen MR) is 152 cm³/mol. The summed E-state index contributed by atoms with van der Waals surface area (Å²) in [6.45, 7) is 10.9. The number of fused-ring (bicyclic) bond motifs is 3. The Labute approximate surface area is 225 Å². The maximum atomic E-state index is 12.5. The molecule has 3 heteroatoms. The molecule has 0 heterocycles. The third-order valence-corrected chi connectivity index (χ3v) is 10.5. The molecule has 0 aromatic heterocycles. The van der Waals surface area contributed by atoms with Crippen molar-refractivity contribution in [3.63, 3.8) is 0 Å². The number of carbonyl (C=O) groups is 1. The van der Waals surface area contributed by atoms with Crippen LogP contribution in [-0.4, -0.2) is 29.6 Å². The zero-order valence-corrected chi connectivity index (χ0v) is 23.6. The Morgan fingerprint density at radius 1 is 1.08 bits per heavy atom. The lowest BCUT2D eigenvalue weighted by Crippen LogP contribution is -2.53. The van der Waals surface area contributed by atoms with Gasteiger partial charge in [0.25, 0.3) is 0 Å². The van der Waals surface area contributed by atoms with Gasteiger partial charge in [0.05, 0.1) is 0 Å². The molecule has 5 rings (SSSR count). The molecule has 0 saturated heterocycles. The van der Waals surface area contributed by atoms with Gasteiger partial charge in [-0.3, -0.25) is 4.79 Å². The van der Waals surface area contributed by atoms with Gasteiger partial charge >= 0.3 is 0 Å². The summed E-state index contributed by atoms with van der Waals surface area (Å²) in [5.41, 5.74) is 2.98. The molecule has 0 amide bonds. The molecule has 0 aliphatic heterocycles. The van der Waals surface area contributed by atoms with E-state index in [0.717, 1.165) is 58.0 Å². The number of hydrogen-bond donors (Lipinski definition) is 1. The summed E-state index contributed by atoms with van der Waals surface area (Å²) in [4.78, 5) is 14.9. The lowest BCUT2D eigenvalue weighted by atomic mass is 9.49. The molecule has 4 aliphatic rings. The summed E-state index contributed by atoms with van der Waals surface area (Å²) >= 11 is 0. The van der Waals surface area contributed by atoms with Gasteiger partial charge in [0.2, 0.25) is 0 Å². The highest BCUT2D eigenvalue weighted by atomic mass is 16.3.